The van der Waals surface area contributed by atoms with Crippen LogP contribution in [0.4, 0.5) is 15.8 Å². The van der Waals surface area contributed by atoms with Crippen LogP contribution in [0.1, 0.15) is 16.8 Å². The first-order valence-electron chi connectivity index (χ1n) is 10.2. The zero-order chi connectivity index (χ0) is 24.2. The summed E-state index contributed by atoms with van der Waals surface area (Å²) in [5, 5.41) is 3.92. The number of hydrogen-bond acceptors (Lipinski definition) is 4. The van der Waals surface area contributed by atoms with E-state index in [0.29, 0.717) is 16.9 Å². The van der Waals surface area contributed by atoms with Crippen molar-refractivity contribution in [1.29, 1.82) is 0 Å². The summed E-state index contributed by atoms with van der Waals surface area (Å²) >= 11 is 8.81. The van der Waals surface area contributed by atoms with Gasteiger partial charge in [-0.3, -0.25) is 24.7 Å². The molecule has 4 rings (SSSR count). The molecule has 1 atom stereocenters. The number of rotatable bonds is 6. The molecule has 10 heteroatoms. The lowest BCUT2D eigenvalue weighted by atomic mass is 10.1. The first kappa shape index (κ1) is 23.5. The summed E-state index contributed by atoms with van der Waals surface area (Å²) in [5.41, 5.74) is 3.88. The van der Waals surface area contributed by atoms with E-state index in [1.54, 1.807) is 54.6 Å². The zero-order valence-electron chi connectivity index (χ0n) is 17.6. The third-order valence-corrected chi connectivity index (χ3v) is 5.97. The van der Waals surface area contributed by atoms with Gasteiger partial charge in [-0.15, -0.1) is 0 Å². The van der Waals surface area contributed by atoms with E-state index in [2.05, 4.69) is 26.7 Å². The predicted octanol–water partition coefficient (Wildman–Crippen LogP) is 4.26. The van der Waals surface area contributed by atoms with Crippen molar-refractivity contribution in [3.63, 3.8) is 0 Å². The number of carbonyl (C=O) groups excluding carboxylic acids is 3. The van der Waals surface area contributed by atoms with Gasteiger partial charge >= 0.3 is 0 Å². The smallest absolute Gasteiger partial charge is 0.269 e. The third-order valence-electron chi connectivity index (χ3n) is 5.06. The minimum Gasteiger partial charge on any atom is -0.326 e. The fourth-order valence-corrected chi connectivity index (χ4v) is 4.04. The summed E-state index contributed by atoms with van der Waals surface area (Å²) in [6.07, 6.45) is -0.276. The summed E-state index contributed by atoms with van der Waals surface area (Å²) in [6, 6.07) is 19.5. The monoisotopic (exact) mass is 540 g/mol. The van der Waals surface area contributed by atoms with E-state index in [1.807, 2.05) is 0 Å². The van der Waals surface area contributed by atoms with E-state index >= 15 is 0 Å². The molecule has 0 bridgehead atoms. The molecular formula is C24H18BrFN4O3S. The van der Waals surface area contributed by atoms with Gasteiger partial charge in [-0.05, 0) is 72.9 Å². The fourth-order valence-electron chi connectivity index (χ4n) is 3.41. The van der Waals surface area contributed by atoms with Gasteiger partial charge in [0.1, 0.15) is 11.9 Å². The molecule has 0 radical (unpaired) electrons. The molecule has 1 unspecified atom stereocenters. The van der Waals surface area contributed by atoms with E-state index in [4.69, 9.17) is 12.2 Å². The maximum absolute atomic E-state index is 13.4. The van der Waals surface area contributed by atoms with Crippen LogP contribution in [0.5, 0.6) is 0 Å². The topological polar surface area (TPSA) is 81.8 Å². The molecule has 1 aliphatic heterocycles. The molecule has 2 N–H and O–H groups in total. The van der Waals surface area contributed by atoms with Gasteiger partial charge in [0, 0.05) is 15.7 Å². The van der Waals surface area contributed by atoms with Gasteiger partial charge in [0.25, 0.3) is 11.8 Å². The van der Waals surface area contributed by atoms with Gasteiger partial charge in [-0.25, -0.2) is 9.40 Å². The van der Waals surface area contributed by atoms with E-state index in [0.717, 1.165) is 4.47 Å². The maximum Gasteiger partial charge on any atom is 0.269 e. The molecule has 1 heterocycles. The van der Waals surface area contributed by atoms with Crippen molar-refractivity contribution in [3.05, 3.63) is 94.7 Å². The maximum atomic E-state index is 13.4. The largest absolute Gasteiger partial charge is 0.326 e. The summed E-state index contributed by atoms with van der Waals surface area (Å²) in [5.74, 6) is -1.92. The highest BCUT2D eigenvalue weighted by Crippen LogP contribution is 2.27. The number of benzene rings is 3. The van der Waals surface area contributed by atoms with Gasteiger partial charge in [-0.2, -0.15) is 0 Å². The summed E-state index contributed by atoms with van der Waals surface area (Å²) < 4.78 is 14.3. The molecule has 3 aromatic rings. The number of hydrazine groups is 1. The van der Waals surface area contributed by atoms with Crippen molar-refractivity contribution < 1.29 is 18.8 Å². The van der Waals surface area contributed by atoms with Crippen molar-refractivity contribution in [1.82, 2.24) is 10.4 Å². The fraction of sp³-hybridized carbons (Fsp3) is 0.0833. The van der Waals surface area contributed by atoms with Crippen molar-refractivity contribution >= 4 is 62.4 Å². The molecule has 34 heavy (non-hydrogen) atoms. The summed E-state index contributed by atoms with van der Waals surface area (Å²) in [7, 11) is 0. The number of hydrogen-bond donors (Lipinski definition) is 2. The summed E-state index contributed by atoms with van der Waals surface area (Å²) in [4.78, 5) is 40.1. The zero-order valence-corrected chi connectivity index (χ0v) is 20.0. The summed E-state index contributed by atoms with van der Waals surface area (Å²) in [6.45, 7) is 0. The number of nitrogens with zero attached hydrogens (tertiary/aromatic N) is 2. The third kappa shape index (κ3) is 5.13. The Morgan fingerprint density at radius 3 is 2.26 bits per heavy atom. The Bertz CT molecular complexity index is 1240. The number of carbonyl (C=O) groups is 3. The van der Waals surface area contributed by atoms with Gasteiger partial charge in [0.15, 0.2) is 0 Å². The number of thiocarbonyl (C=S) groups is 1. The molecule has 3 aromatic carbocycles. The lowest BCUT2D eigenvalue weighted by molar-refractivity contribution is -0.124. The highest BCUT2D eigenvalue weighted by molar-refractivity contribution is 9.10. The van der Waals surface area contributed by atoms with Gasteiger partial charge in [0.2, 0.25) is 11.0 Å². The minimum absolute atomic E-state index is 0.0256. The molecule has 0 aliphatic carbocycles. The van der Waals surface area contributed by atoms with Crippen LogP contribution in [-0.4, -0.2) is 33.9 Å². The number of anilines is 2. The first-order valence-corrected chi connectivity index (χ1v) is 11.4. The van der Waals surface area contributed by atoms with Crippen LogP contribution < -0.4 is 15.6 Å². The lowest BCUT2D eigenvalue weighted by Crippen LogP contribution is -2.49. The average molecular weight is 541 g/mol. The van der Waals surface area contributed by atoms with Gasteiger partial charge in [0.05, 0.1) is 12.1 Å². The highest BCUT2D eigenvalue weighted by atomic mass is 79.9. The molecule has 172 valence electrons. The van der Waals surface area contributed by atoms with E-state index in [1.165, 1.54) is 34.2 Å². The average Bonchev–Trinajstić information content (AvgIpc) is 3.05. The molecule has 0 aromatic heterocycles. The molecule has 1 aliphatic rings. The van der Waals surface area contributed by atoms with Gasteiger partial charge in [-0.1, -0.05) is 34.1 Å². The van der Waals surface area contributed by atoms with Crippen LogP contribution in [-0.2, 0) is 9.59 Å². The highest BCUT2D eigenvalue weighted by Gasteiger charge is 2.45. The van der Waals surface area contributed by atoms with E-state index in [-0.39, 0.29) is 11.5 Å². The van der Waals surface area contributed by atoms with Crippen LogP contribution in [0.3, 0.4) is 0 Å². The normalized spacial score (nSPS) is 15.4. The van der Waals surface area contributed by atoms with Crippen LogP contribution in [0, 0.1) is 5.82 Å². The first-order chi connectivity index (χ1) is 16.3. The minimum atomic E-state index is -1.10. The predicted molar refractivity (Wildman–Crippen MR) is 133 cm³/mol. The quantitative estimate of drug-likeness (QED) is 0.456. The molecule has 7 nitrogen and oxygen atoms in total. The SMILES string of the molecule is O=C(CC1C(=O)N(c2ccc(F)cc2)C(=S)N1NC(=O)c1ccccc1)Nc1ccc(Br)cc1. The van der Waals surface area contributed by atoms with Crippen molar-refractivity contribution in [2.45, 2.75) is 12.5 Å². The van der Waals surface area contributed by atoms with Crippen molar-refractivity contribution in [3.8, 4) is 0 Å². The van der Waals surface area contributed by atoms with Crippen LogP contribution in [0.25, 0.3) is 0 Å². The van der Waals surface area contributed by atoms with E-state index < -0.39 is 29.6 Å². The Morgan fingerprint density at radius 2 is 1.62 bits per heavy atom. The Labute approximate surface area is 208 Å². The molecule has 1 fully saturated rings. The number of halogens is 2. The second-order valence-electron chi connectivity index (χ2n) is 7.38. The Balaban J connectivity index is 1.59. The van der Waals surface area contributed by atoms with E-state index in [9.17, 15) is 18.8 Å². The Kier molecular flexibility index (Phi) is 6.99. The van der Waals surface area contributed by atoms with Crippen LogP contribution in [0.15, 0.2) is 83.3 Å². The molecule has 0 saturated carbocycles. The second kappa shape index (κ2) is 10.1. The Hall–Kier alpha value is -3.63. The molecule has 0 spiro atoms. The number of amides is 3. The second-order valence-corrected chi connectivity index (χ2v) is 8.67. The molecular weight excluding hydrogens is 523 g/mol. The van der Waals surface area contributed by atoms with Crippen molar-refractivity contribution in [2.75, 3.05) is 10.2 Å². The van der Waals surface area contributed by atoms with Crippen LogP contribution >= 0.6 is 28.1 Å². The molecule has 1 saturated heterocycles. The van der Waals surface area contributed by atoms with Crippen molar-refractivity contribution in [2.24, 2.45) is 0 Å². The number of nitrogens with one attached hydrogen (secondary N) is 2. The lowest BCUT2D eigenvalue weighted by Gasteiger charge is -2.24. The Morgan fingerprint density at radius 1 is 0.971 bits per heavy atom. The molecule has 3 amide bonds. The standard InChI is InChI=1S/C24H18BrFN4O3S/c25-16-6-10-18(11-7-16)27-21(31)14-20-23(33)29(19-12-8-17(26)9-13-19)24(34)30(20)28-22(32)15-4-2-1-3-5-15/h1-13,20H,14H2,(H,27,31)(H,28,32). The van der Waals surface area contributed by atoms with Crippen LogP contribution in [0.2, 0.25) is 0 Å². The van der Waals surface area contributed by atoms with Gasteiger partial charge < -0.3 is 5.32 Å².